The summed E-state index contributed by atoms with van der Waals surface area (Å²) < 4.78 is 15.2. The normalized spacial score (nSPS) is 23.2. The van der Waals surface area contributed by atoms with Gasteiger partial charge in [-0.3, -0.25) is 24.5 Å². The maximum absolute atomic E-state index is 15.2. The van der Waals surface area contributed by atoms with Gasteiger partial charge in [-0.05, 0) is 47.5 Å². The summed E-state index contributed by atoms with van der Waals surface area (Å²) >= 11 is 0. The maximum atomic E-state index is 15.2. The molecule has 8 nitrogen and oxygen atoms in total. The highest BCUT2D eigenvalue weighted by Gasteiger charge is 2.70. The van der Waals surface area contributed by atoms with Gasteiger partial charge in [0.1, 0.15) is 17.3 Å². The molecule has 1 spiro atoms. The van der Waals surface area contributed by atoms with Crippen molar-refractivity contribution >= 4 is 40.6 Å². The lowest BCUT2D eigenvalue weighted by atomic mass is 9.64. The van der Waals surface area contributed by atoms with Crippen LogP contribution in [-0.4, -0.2) is 34.5 Å². The lowest BCUT2D eigenvalue weighted by Crippen LogP contribution is -2.51. The number of hydrogen-bond donors (Lipinski definition) is 1. The van der Waals surface area contributed by atoms with Crippen molar-refractivity contribution in [3.05, 3.63) is 141 Å². The summed E-state index contributed by atoms with van der Waals surface area (Å²) in [4.78, 5) is 56.0. The number of non-ortho nitro benzene ring substituents is 1. The van der Waals surface area contributed by atoms with Crippen molar-refractivity contribution in [2.24, 2.45) is 5.92 Å². The summed E-state index contributed by atoms with van der Waals surface area (Å²) in [6.45, 7) is 0. The second kappa shape index (κ2) is 9.31. The number of anilines is 2. The average Bonchev–Trinajstić information content (AvgIpc) is 3.49. The zero-order valence-electron chi connectivity index (χ0n) is 21.9. The third-order valence-electron chi connectivity index (χ3n) is 8.59. The van der Waals surface area contributed by atoms with Crippen molar-refractivity contribution in [2.45, 2.75) is 17.5 Å². The van der Waals surface area contributed by atoms with Crippen LogP contribution in [0.25, 0.3) is 6.08 Å². The molecular formula is C33H22FN3O5. The van der Waals surface area contributed by atoms with E-state index in [9.17, 15) is 24.5 Å². The minimum atomic E-state index is -1.58. The number of nitrogens with zero attached hydrogens (tertiary/aromatic N) is 2. The Morgan fingerprint density at radius 2 is 1.57 bits per heavy atom. The van der Waals surface area contributed by atoms with Crippen molar-refractivity contribution in [3.63, 3.8) is 0 Å². The van der Waals surface area contributed by atoms with Crippen LogP contribution in [0.5, 0.6) is 0 Å². The molecule has 1 amide bonds. The van der Waals surface area contributed by atoms with Crippen LogP contribution in [0.15, 0.2) is 103 Å². The topological polar surface area (TPSA) is 110 Å². The van der Waals surface area contributed by atoms with E-state index in [4.69, 9.17) is 0 Å². The zero-order chi connectivity index (χ0) is 29.2. The van der Waals surface area contributed by atoms with E-state index in [2.05, 4.69) is 5.32 Å². The van der Waals surface area contributed by atoms with Crippen LogP contribution in [0.2, 0.25) is 0 Å². The van der Waals surface area contributed by atoms with E-state index in [1.165, 1.54) is 48.5 Å². The smallest absolute Gasteiger partial charge is 0.269 e. The van der Waals surface area contributed by atoms with Gasteiger partial charge >= 0.3 is 0 Å². The minimum Gasteiger partial charge on any atom is -0.352 e. The number of hydrogen-bond acceptors (Lipinski definition) is 6. The molecule has 0 unspecified atom stereocenters. The number of amides is 1. The van der Waals surface area contributed by atoms with E-state index in [-0.39, 0.29) is 16.8 Å². The molecule has 0 aliphatic carbocycles. The first-order chi connectivity index (χ1) is 20.3. The number of benzene rings is 4. The Hall–Kier alpha value is -5.44. The number of nitro benzene ring substituents is 1. The summed E-state index contributed by atoms with van der Waals surface area (Å²) in [7, 11) is 0. The van der Waals surface area contributed by atoms with Crippen molar-refractivity contribution in [3.8, 4) is 0 Å². The Bertz CT molecular complexity index is 1850. The summed E-state index contributed by atoms with van der Waals surface area (Å²) in [5.74, 6) is -3.76. The van der Waals surface area contributed by atoms with Gasteiger partial charge in [0.15, 0.2) is 11.6 Å². The molecule has 4 atom stereocenters. The number of rotatable bonds is 5. The Labute approximate surface area is 239 Å². The predicted octanol–water partition coefficient (Wildman–Crippen LogP) is 5.59. The average molecular weight is 560 g/mol. The van der Waals surface area contributed by atoms with Crippen LogP contribution in [-0.2, 0) is 10.2 Å². The number of fused-ring (bicyclic) bond motifs is 6. The molecule has 42 heavy (non-hydrogen) atoms. The molecule has 3 heterocycles. The molecular weight excluding hydrogens is 537 g/mol. The highest BCUT2D eigenvalue weighted by Crippen LogP contribution is 2.58. The molecule has 0 saturated carbocycles. The van der Waals surface area contributed by atoms with Crippen molar-refractivity contribution in [1.29, 1.82) is 0 Å². The molecule has 0 aromatic heterocycles. The standard InChI is InChI=1S/C33H22FN3O5/c34-24-10-4-2-8-22(24)31(39)28-29(30(38)20-13-16-21(17-14-20)37(41)42)36-26-12-6-1-7-19(26)15-18-27(36)33(28)23-9-3-5-11-25(23)35-32(33)40/h1-18,27-29H,(H,35,40)/t27-,28-,29+,33+/m1/s1. The summed E-state index contributed by atoms with van der Waals surface area (Å²) in [5.41, 5.74) is 0.626. The first kappa shape index (κ1) is 25.5. The van der Waals surface area contributed by atoms with Gasteiger partial charge in [0.05, 0.1) is 22.4 Å². The Balaban J connectivity index is 1.52. The Morgan fingerprint density at radius 1 is 0.881 bits per heavy atom. The molecule has 3 aliphatic rings. The molecule has 7 rings (SSSR count). The quantitative estimate of drug-likeness (QED) is 0.194. The van der Waals surface area contributed by atoms with Gasteiger partial charge < -0.3 is 10.2 Å². The van der Waals surface area contributed by atoms with E-state index in [1.54, 1.807) is 29.2 Å². The molecule has 1 fully saturated rings. The van der Waals surface area contributed by atoms with Gasteiger partial charge in [-0.25, -0.2) is 4.39 Å². The van der Waals surface area contributed by atoms with Crippen LogP contribution in [0, 0.1) is 21.8 Å². The largest absolute Gasteiger partial charge is 0.352 e. The SMILES string of the molecule is O=C(c1ccc([N+](=O)[O-])cc1)[C@@H]1[C@H](C(=O)c2ccccc2F)[C@@]2(C(=O)Nc3ccccc32)[C@H]2C=Cc3ccccc3N12. The fourth-order valence-corrected chi connectivity index (χ4v) is 6.87. The second-order valence-electron chi connectivity index (χ2n) is 10.6. The monoisotopic (exact) mass is 559 g/mol. The number of carbonyl (C=O) groups excluding carboxylic acids is 3. The third kappa shape index (κ3) is 3.43. The molecule has 4 aromatic rings. The fourth-order valence-electron chi connectivity index (χ4n) is 6.87. The molecule has 0 radical (unpaired) electrons. The second-order valence-corrected chi connectivity index (χ2v) is 10.6. The molecule has 1 N–H and O–H groups in total. The summed E-state index contributed by atoms with van der Waals surface area (Å²) in [6.07, 6.45) is 3.70. The fraction of sp³-hybridized carbons (Fsp3) is 0.121. The minimum absolute atomic E-state index is 0.131. The van der Waals surface area contributed by atoms with Crippen LogP contribution >= 0.6 is 0 Å². The van der Waals surface area contributed by atoms with E-state index >= 15 is 4.39 Å². The molecule has 1 saturated heterocycles. The van der Waals surface area contributed by atoms with Gasteiger partial charge in [0.2, 0.25) is 5.91 Å². The Kier molecular flexibility index (Phi) is 5.65. The highest BCUT2D eigenvalue weighted by atomic mass is 19.1. The van der Waals surface area contributed by atoms with E-state index in [1.807, 2.05) is 36.4 Å². The number of Topliss-reactive ketones (excluding diaryl/α,β-unsaturated/α-hetero) is 2. The molecule has 0 bridgehead atoms. The highest BCUT2D eigenvalue weighted by molar-refractivity contribution is 6.18. The summed E-state index contributed by atoms with van der Waals surface area (Å²) in [6, 6.07) is 23.1. The Morgan fingerprint density at radius 3 is 2.33 bits per heavy atom. The maximum Gasteiger partial charge on any atom is 0.269 e. The van der Waals surface area contributed by atoms with Crippen LogP contribution in [0.3, 0.4) is 0 Å². The van der Waals surface area contributed by atoms with E-state index < -0.39 is 51.6 Å². The predicted molar refractivity (Wildman–Crippen MR) is 154 cm³/mol. The van der Waals surface area contributed by atoms with Crippen LogP contribution < -0.4 is 10.2 Å². The molecule has 3 aliphatic heterocycles. The zero-order valence-corrected chi connectivity index (χ0v) is 21.9. The van der Waals surface area contributed by atoms with Crippen LogP contribution in [0.4, 0.5) is 21.5 Å². The van der Waals surface area contributed by atoms with Crippen molar-refractivity contribution in [2.75, 3.05) is 10.2 Å². The summed E-state index contributed by atoms with van der Waals surface area (Å²) in [5, 5.41) is 14.2. The van der Waals surface area contributed by atoms with Crippen molar-refractivity contribution < 1.29 is 23.7 Å². The number of halogens is 1. The van der Waals surface area contributed by atoms with Gasteiger partial charge in [-0.15, -0.1) is 0 Å². The first-order valence-corrected chi connectivity index (χ1v) is 13.4. The lowest BCUT2D eigenvalue weighted by molar-refractivity contribution is -0.384. The molecule has 206 valence electrons. The molecule has 4 aromatic carbocycles. The van der Waals surface area contributed by atoms with E-state index in [0.717, 1.165) is 5.56 Å². The first-order valence-electron chi connectivity index (χ1n) is 13.4. The van der Waals surface area contributed by atoms with Gasteiger partial charge in [0, 0.05) is 29.1 Å². The molecule has 9 heteroatoms. The van der Waals surface area contributed by atoms with Crippen molar-refractivity contribution in [1.82, 2.24) is 0 Å². The van der Waals surface area contributed by atoms with Gasteiger partial charge in [0.25, 0.3) is 5.69 Å². The number of nitro groups is 1. The van der Waals surface area contributed by atoms with Gasteiger partial charge in [-0.2, -0.15) is 0 Å². The number of nitrogens with one attached hydrogen (secondary N) is 1. The number of carbonyl (C=O) groups is 3. The van der Waals surface area contributed by atoms with Crippen LogP contribution in [0.1, 0.15) is 31.8 Å². The number of ketones is 2. The number of para-hydroxylation sites is 2. The van der Waals surface area contributed by atoms with E-state index in [0.29, 0.717) is 16.9 Å². The van der Waals surface area contributed by atoms with Gasteiger partial charge in [-0.1, -0.05) is 60.7 Å². The lowest BCUT2D eigenvalue weighted by Gasteiger charge is -2.37. The third-order valence-corrected chi connectivity index (χ3v) is 8.59.